The van der Waals surface area contributed by atoms with Crippen LogP contribution in [0.2, 0.25) is 0 Å². The first-order valence-corrected chi connectivity index (χ1v) is 9.04. The Morgan fingerprint density at radius 2 is 1.70 bits per heavy atom. The highest BCUT2D eigenvalue weighted by Gasteiger charge is 2.13. The van der Waals surface area contributed by atoms with Crippen LogP contribution in [0.1, 0.15) is 70.3 Å². The average molecular weight is 340 g/mol. The van der Waals surface area contributed by atoms with Gasteiger partial charge in [-0.3, -0.25) is 0 Å². The minimum Gasteiger partial charge on any atom is -0.316 e. The van der Waals surface area contributed by atoms with Gasteiger partial charge in [-0.15, -0.1) is 0 Å². The molecule has 2 heteroatoms. The lowest BCUT2D eigenvalue weighted by Crippen LogP contribution is -2.21. The summed E-state index contributed by atoms with van der Waals surface area (Å²) in [6.45, 7) is 6.60. The highest BCUT2D eigenvalue weighted by atomic mass is 79.9. The van der Waals surface area contributed by atoms with Crippen LogP contribution in [0, 0.1) is 0 Å². The molecular formula is C18H30BrN. The third-order valence-electron chi connectivity index (χ3n) is 3.89. The van der Waals surface area contributed by atoms with Crippen LogP contribution in [0.15, 0.2) is 28.7 Å². The van der Waals surface area contributed by atoms with Gasteiger partial charge in [0.2, 0.25) is 0 Å². The van der Waals surface area contributed by atoms with Gasteiger partial charge in [0.15, 0.2) is 0 Å². The van der Waals surface area contributed by atoms with E-state index in [0.29, 0.717) is 5.92 Å². The molecule has 114 valence electrons. The number of hydrogen-bond acceptors (Lipinski definition) is 1. The first kappa shape index (κ1) is 17.7. The molecule has 1 atom stereocenters. The highest BCUT2D eigenvalue weighted by Crippen LogP contribution is 2.28. The Morgan fingerprint density at radius 1 is 1.00 bits per heavy atom. The molecule has 0 spiro atoms. The molecule has 0 saturated heterocycles. The van der Waals surface area contributed by atoms with Crippen LogP contribution in [-0.4, -0.2) is 13.1 Å². The first-order valence-electron chi connectivity index (χ1n) is 8.24. The summed E-state index contributed by atoms with van der Waals surface area (Å²) in [4.78, 5) is 0. The van der Waals surface area contributed by atoms with E-state index >= 15 is 0 Å². The van der Waals surface area contributed by atoms with Crippen molar-refractivity contribution in [2.75, 3.05) is 13.1 Å². The Kier molecular flexibility index (Phi) is 10.0. The van der Waals surface area contributed by atoms with E-state index in [-0.39, 0.29) is 0 Å². The van der Waals surface area contributed by atoms with Crippen molar-refractivity contribution in [1.82, 2.24) is 5.32 Å². The summed E-state index contributed by atoms with van der Waals surface area (Å²) in [6, 6.07) is 8.68. The third kappa shape index (κ3) is 6.90. The summed E-state index contributed by atoms with van der Waals surface area (Å²) in [5, 5.41) is 3.51. The molecule has 1 nitrogen and oxygen atoms in total. The van der Waals surface area contributed by atoms with E-state index in [4.69, 9.17) is 0 Å². The molecule has 0 fully saturated rings. The van der Waals surface area contributed by atoms with E-state index in [1.807, 2.05) is 0 Å². The minimum absolute atomic E-state index is 0.636. The predicted molar refractivity (Wildman–Crippen MR) is 93.4 cm³/mol. The number of unbranched alkanes of at least 4 members (excludes halogenated alkanes) is 5. The number of hydrogen-bond donors (Lipinski definition) is 1. The molecule has 0 aliphatic rings. The molecule has 1 N–H and O–H groups in total. The summed E-state index contributed by atoms with van der Waals surface area (Å²) in [7, 11) is 0. The maximum absolute atomic E-state index is 3.70. The van der Waals surface area contributed by atoms with Gasteiger partial charge in [0.1, 0.15) is 0 Å². The van der Waals surface area contributed by atoms with Gasteiger partial charge >= 0.3 is 0 Å². The monoisotopic (exact) mass is 339 g/mol. The van der Waals surface area contributed by atoms with Crippen molar-refractivity contribution in [2.24, 2.45) is 0 Å². The van der Waals surface area contributed by atoms with Gasteiger partial charge in [-0.05, 0) is 30.5 Å². The van der Waals surface area contributed by atoms with Crippen LogP contribution < -0.4 is 5.32 Å². The molecule has 1 aromatic carbocycles. The summed E-state index contributed by atoms with van der Waals surface area (Å²) in [5.41, 5.74) is 1.46. The van der Waals surface area contributed by atoms with E-state index < -0.39 is 0 Å². The molecule has 1 rings (SSSR count). The number of halogens is 1. The Hall–Kier alpha value is -0.340. The van der Waals surface area contributed by atoms with E-state index in [2.05, 4.69) is 59.4 Å². The molecule has 1 unspecified atom stereocenters. The number of rotatable bonds is 11. The van der Waals surface area contributed by atoms with Crippen LogP contribution >= 0.6 is 15.9 Å². The van der Waals surface area contributed by atoms with Crippen LogP contribution in [0.3, 0.4) is 0 Å². The van der Waals surface area contributed by atoms with Gasteiger partial charge in [-0.25, -0.2) is 0 Å². The number of nitrogens with one attached hydrogen (secondary N) is 1. The maximum atomic E-state index is 3.70. The van der Waals surface area contributed by atoms with Gasteiger partial charge in [-0.1, -0.05) is 86.5 Å². The molecule has 0 heterocycles. The molecule has 0 aliphatic carbocycles. The van der Waals surface area contributed by atoms with Crippen molar-refractivity contribution in [1.29, 1.82) is 0 Å². The standard InChI is InChI=1S/C18H30BrN/c1-3-5-6-7-8-9-12-16(15-20-4-2)17-13-10-11-14-18(17)19/h10-11,13-14,16,20H,3-9,12,15H2,1-2H3. The normalized spacial score (nSPS) is 12.6. The summed E-state index contributed by atoms with van der Waals surface area (Å²) < 4.78 is 1.26. The highest BCUT2D eigenvalue weighted by molar-refractivity contribution is 9.10. The van der Waals surface area contributed by atoms with Crippen LogP contribution in [0.5, 0.6) is 0 Å². The molecule has 0 aromatic heterocycles. The molecular weight excluding hydrogens is 310 g/mol. The SMILES string of the molecule is CCCCCCCCC(CNCC)c1ccccc1Br. The maximum Gasteiger partial charge on any atom is 0.0210 e. The van der Waals surface area contributed by atoms with Crippen molar-refractivity contribution in [2.45, 2.75) is 64.7 Å². The van der Waals surface area contributed by atoms with Crippen molar-refractivity contribution >= 4 is 15.9 Å². The minimum atomic E-state index is 0.636. The summed E-state index contributed by atoms with van der Waals surface area (Å²) in [6.07, 6.45) is 9.56. The predicted octanol–water partition coefficient (Wildman–Crippen LogP) is 5.89. The zero-order valence-corrected chi connectivity index (χ0v) is 14.7. The van der Waals surface area contributed by atoms with Gasteiger partial charge in [0, 0.05) is 11.0 Å². The topological polar surface area (TPSA) is 12.0 Å². The Bertz CT molecular complexity index is 351. The second kappa shape index (κ2) is 11.3. The zero-order valence-electron chi connectivity index (χ0n) is 13.1. The van der Waals surface area contributed by atoms with Gasteiger partial charge in [0.05, 0.1) is 0 Å². The molecule has 0 bridgehead atoms. The van der Waals surface area contributed by atoms with E-state index in [9.17, 15) is 0 Å². The molecule has 20 heavy (non-hydrogen) atoms. The molecule has 1 aromatic rings. The molecule has 0 amide bonds. The zero-order chi connectivity index (χ0) is 14.6. The fourth-order valence-electron chi connectivity index (χ4n) is 2.66. The molecule has 0 aliphatic heterocycles. The van der Waals surface area contributed by atoms with Crippen molar-refractivity contribution in [3.63, 3.8) is 0 Å². The summed E-state index contributed by atoms with van der Waals surface area (Å²) in [5.74, 6) is 0.636. The first-order chi connectivity index (χ1) is 9.79. The second-order valence-corrected chi connectivity index (χ2v) is 6.44. The van der Waals surface area contributed by atoms with E-state index in [0.717, 1.165) is 13.1 Å². The van der Waals surface area contributed by atoms with Gasteiger partial charge < -0.3 is 5.32 Å². The van der Waals surface area contributed by atoms with Crippen LogP contribution in [0.25, 0.3) is 0 Å². The lowest BCUT2D eigenvalue weighted by Gasteiger charge is -2.19. The fourth-order valence-corrected chi connectivity index (χ4v) is 3.27. The molecule has 0 radical (unpaired) electrons. The quantitative estimate of drug-likeness (QED) is 0.495. The Labute approximate surface area is 133 Å². The van der Waals surface area contributed by atoms with Crippen molar-refractivity contribution in [3.05, 3.63) is 34.3 Å². The average Bonchev–Trinajstić information content (AvgIpc) is 2.47. The van der Waals surface area contributed by atoms with Gasteiger partial charge in [0.25, 0.3) is 0 Å². The number of likely N-dealkylation sites (N-methyl/N-ethyl adjacent to an activating group) is 1. The molecule has 0 saturated carbocycles. The van der Waals surface area contributed by atoms with Crippen molar-refractivity contribution < 1.29 is 0 Å². The van der Waals surface area contributed by atoms with Crippen LogP contribution in [-0.2, 0) is 0 Å². The van der Waals surface area contributed by atoms with E-state index in [1.54, 1.807) is 0 Å². The lowest BCUT2D eigenvalue weighted by molar-refractivity contribution is 0.511. The third-order valence-corrected chi connectivity index (χ3v) is 4.61. The Morgan fingerprint density at radius 3 is 2.40 bits per heavy atom. The summed E-state index contributed by atoms with van der Waals surface area (Å²) >= 11 is 3.70. The lowest BCUT2D eigenvalue weighted by atomic mass is 9.92. The second-order valence-electron chi connectivity index (χ2n) is 5.58. The van der Waals surface area contributed by atoms with Gasteiger partial charge in [-0.2, -0.15) is 0 Å². The van der Waals surface area contributed by atoms with Crippen LogP contribution in [0.4, 0.5) is 0 Å². The largest absolute Gasteiger partial charge is 0.316 e. The fraction of sp³-hybridized carbons (Fsp3) is 0.667. The Balaban J connectivity index is 2.42. The van der Waals surface area contributed by atoms with Crippen molar-refractivity contribution in [3.8, 4) is 0 Å². The number of benzene rings is 1. The van der Waals surface area contributed by atoms with E-state index in [1.165, 1.54) is 55.0 Å². The smallest absolute Gasteiger partial charge is 0.0210 e.